The zero-order valence-electron chi connectivity index (χ0n) is 14.7. The molecule has 2 fully saturated rings. The zero-order valence-corrected chi connectivity index (χ0v) is 14.7. The van der Waals surface area contributed by atoms with Gasteiger partial charge < -0.3 is 15.7 Å². The van der Waals surface area contributed by atoms with Crippen LogP contribution in [0.2, 0.25) is 0 Å². The number of fused-ring (bicyclic) bond motifs is 1. The molecule has 1 aliphatic heterocycles. The first-order chi connectivity index (χ1) is 12.4. The summed E-state index contributed by atoms with van der Waals surface area (Å²) in [5, 5.41) is 9.35. The summed E-state index contributed by atoms with van der Waals surface area (Å²) in [5.41, 5.74) is 7.44. The number of carbonyl (C=O) groups is 1. The number of carboxylic acids is 1. The van der Waals surface area contributed by atoms with Crippen LogP contribution in [0.1, 0.15) is 46.7 Å². The summed E-state index contributed by atoms with van der Waals surface area (Å²) in [6, 6.07) is 1.49. The van der Waals surface area contributed by atoms with Gasteiger partial charge in [-0.3, -0.25) is 9.20 Å². The molecule has 0 radical (unpaired) electrons. The van der Waals surface area contributed by atoms with E-state index >= 15 is 0 Å². The summed E-state index contributed by atoms with van der Waals surface area (Å²) < 4.78 is 16.1. The van der Waals surface area contributed by atoms with Crippen molar-refractivity contribution in [2.24, 2.45) is 11.7 Å². The lowest BCUT2D eigenvalue weighted by Crippen LogP contribution is -2.27. The molecule has 7 heteroatoms. The Morgan fingerprint density at radius 3 is 2.69 bits per heavy atom. The number of aromatic carboxylic acids is 1. The smallest absolute Gasteiger partial charge is 0.341 e. The van der Waals surface area contributed by atoms with Crippen molar-refractivity contribution in [3.8, 4) is 0 Å². The van der Waals surface area contributed by atoms with Crippen LogP contribution in [-0.4, -0.2) is 35.1 Å². The van der Waals surface area contributed by atoms with Crippen LogP contribution in [0.15, 0.2) is 17.1 Å². The van der Waals surface area contributed by atoms with Crippen molar-refractivity contribution in [1.82, 2.24) is 4.40 Å². The van der Waals surface area contributed by atoms with Gasteiger partial charge in [0.1, 0.15) is 5.56 Å². The normalized spacial score (nSPS) is 20.1. The highest BCUT2D eigenvalue weighted by Gasteiger charge is 2.32. The standard InChI is InChI=1S/C19H22FN3O3/c1-10-16-13(12-2-3-12)6-14(19(25)26)18(24)23(16)9-15(20)17(10)22-5-4-11(7-21)8-22/h6,9,11-12H,2-5,7-8,21H2,1H3,(H,25,26). The quantitative estimate of drug-likeness (QED) is 0.873. The second-order valence-corrected chi connectivity index (χ2v) is 7.40. The van der Waals surface area contributed by atoms with E-state index in [0.29, 0.717) is 35.8 Å². The zero-order chi connectivity index (χ0) is 18.6. The highest BCUT2D eigenvalue weighted by molar-refractivity contribution is 5.89. The minimum atomic E-state index is -1.28. The van der Waals surface area contributed by atoms with E-state index in [4.69, 9.17) is 5.73 Å². The van der Waals surface area contributed by atoms with Crippen molar-refractivity contribution >= 4 is 17.2 Å². The summed E-state index contributed by atoms with van der Waals surface area (Å²) in [6.45, 7) is 3.81. The summed E-state index contributed by atoms with van der Waals surface area (Å²) >= 11 is 0. The van der Waals surface area contributed by atoms with Gasteiger partial charge in [-0.2, -0.15) is 0 Å². The molecule has 4 rings (SSSR count). The van der Waals surface area contributed by atoms with Gasteiger partial charge >= 0.3 is 5.97 Å². The van der Waals surface area contributed by atoms with Crippen molar-refractivity contribution in [1.29, 1.82) is 0 Å². The summed E-state index contributed by atoms with van der Waals surface area (Å²) in [5.74, 6) is -1.21. The molecule has 2 aromatic heterocycles. The fourth-order valence-corrected chi connectivity index (χ4v) is 4.12. The molecule has 1 atom stereocenters. The molecule has 3 N–H and O–H groups in total. The van der Waals surface area contributed by atoms with Crippen molar-refractivity contribution in [2.45, 2.75) is 32.1 Å². The van der Waals surface area contributed by atoms with E-state index in [-0.39, 0.29) is 11.5 Å². The maximum Gasteiger partial charge on any atom is 0.341 e. The van der Waals surface area contributed by atoms with Crippen LogP contribution in [-0.2, 0) is 0 Å². The SMILES string of the molecule is Cc1c(N2CCC(CN)C2)c(F)cn2c(=O)c(C(=O)O)cc(C3CC3)c12. The number of nitrogens with zero attached hydrogens (tertiary/aromatic N) is 2. The van der Waals surface area contributed by atoms with Crippen LogP contribution in [0, 0.1) is 18.7 Å². The average Bonchev–Trinajstić information content (AvgIpc) is 3.33. The van der Waals surface area contributed by atoms with Crippen LogP contribution in [0.3, 0.4) is 0 Å². The molecule has 1 saturated heterocycles. The van der Waals surface area contributed by atoms with Crippen molar-refractivity contribution in [2.75, 3.05) is 24.5 Å². The summed E-state index contributed by atoms with van der Waals surface area (Å²) in [4.78, 5) is 26.0. The fourth-order valence-electron chi connectivity index (χ4n) is 4.12. The average molecular weight is 359 g/mol. The van der Waals surface area contributed by atoms with Crippen LogP contribution >= 0.6 is 0 Å². The van der Waals surface area contributed by atoms with E-state index in [2.05, 4.69) is 0 Å². The number of aryl methyl sites for hydroxylation is 1. The highest BCUT2D eigenvalue weighted by Crippen LogP contribution is 2.44. The van der Waals surface area contributed by atoms with E-state index in [1.54, 1.807) is 0 Å². The molecule has 0 amide bonds. The van der Waals surface area contributed by atoms with E-state index in [0.717, 1.165) is 37.6 Å². The third-order valence-electron chi connectivity index (χ3n) is 5.63. The number of nitrogens with two attached hydrogens (primary N) is 1. The van der Waals surface area contributed by atoms with E-state index in [1.165, 1.54) is 10.5 Å². The van der Waals surface area contributed by atoms with Gasteiger partial charge in [-0.15, -0.1) is 0 Å². The Balaban J connectivity index is 1.97. The molecule has 1 aliphatic carbocycles. The largest absolute Gasteiger partial charge is 0.477 e. The van der Waals surface area contributed by atoms with Gasteiger partial charge in [0.2, 0.25) is 0 Å². The minimum absolute atomic E-state index is 0.232. The van der Waals surface area contributed by atoms with Gasteiger partial charge in [-0.05, 0) is 61.8 Å². The lowest BCUT2D eigenvalue weighted by Gasteiger charge is -2.24. The Morgan fingerprint density at radius 1 is 1.38 bits per heavy atom. The van der Waals surface area contributed by atoms with Crippen LogP contribution in [0.4, 0.5) is 10.1 Å². The Bertz CT molecular complexity index is 965. The first-order valence-electron chi connectivity index (χ1n) is 8.99. The Labute approximate surface area is 150 Å². The van der Waals surface area contributed by atoms with Gasteiger partial charge in [0.05, 0.1) is 17.4 Å². The predicted molar refractivity (Wildman–Crippen MR) is 96.7 cm³/mol. The van der Waals surface area contributed by atoms with E-state index < -0.39 is 17.3 Å². The fraction of sp³-hybridized carbons (Fsp3) is 0.474. The lowest BCUT2D eigenvalue weighted by atomic mass is 10.0. The molecule has 6 nitrogen and oxygen atoms in total. The Morgan fingerprint density at radius 2 is 2.12 bits per heavy atom. The lowest BCUT2D eigenvalue weighted by molar-refractivity contribution is 0.0694. The molecule has 1 saturated carbocycles. The van der Waals surface area contributed by atoms with Gasteiger partial charge in [0.15, 0.2) is 5.82 Å². The monoisotopic (exact) mass is 359 g/mol. The van der Waals surface area contributed by atoms with Crippen LogP contribution in [0.25, 0.3) is 5.52 Å². The minimum Gasteiger partial charge on any atom is -0.477 e. The second kappa shape index (κ2) is 6.09. The molecule has 2 aromatic rings. The number of halogens is 1. The van der Waals surface area contributed by atoms with Crippen LogP contribution < -0.4 is 16.2 Å². The maximum atomic E-state index is 14.9. The number of aromatic nitrogens is 1. The van der Waals surface area contributed by atoms with Gasteiger partial charge in [-0.25, -0.2) is 9.18 Å². The van der Waals surface area contributed by atoms with Crippen molar-refractivity contribution in [3.63, 3.8) is 0 Å². The van der Waals surface area contributed by atoms with Gasteiger partial charge in [-0.1, -0.05) is 0 Å². The number of anilines is 1. The number of carboxylic acid groups (broad SMARTS) is 1. The van der Waals surface area contributed by atoms with Crippen LogP contribution in [0.5, 0.6) is 0 Å². The summed E-state index contributed by atoms with van der Waals surface area (Å²) in [7, 11) is 0. The molecular weight excluding hydrogens is 337 g/mol. The van der Waals surface area contributed by atoms with E-state index in [1.807, 2.05) is 11.8 Å². The number of rotatable bonds is 4. The van der Waals surface area contributed by atoms with E-state index in [9.17, 15) is 19.1 Å². The third kappa shape index (κ3) is 2.58. The molecule has 1 unspecified atom stereocenters. The topological polar surface area (TPSA) is 88.0 Å². The first kappa shape index (κ1) is 17.0. The van der Waals surface area contributed by atoms with Crippen molar-refractivity contribution in [3.05, 3.63) is 45.1 Å². The number of hydrogen-bond donors (Lipinski definition) is 2. The molecule has 0 aromatic carbocycles. The Hall–Kier alpha value is -2.41. The predicted octanol–water partition coefficient (Wildman–Crippen LogP) is 2.11. The molecule has 138 valence electrons. The number of pyridine rings is 2. The molecule has 0 bridgehead atoms. The van der Waals surface area contributed by atoms with Gasteiger partial charge in [0, 0.05) is 13.1 Å². The Kier molecular flexibility index (Phi) is 3.99. The second-order valence-electron chi connectivity index (χ2n) is 7.40. The molecule has 0 spiro atoms. The first-order valence-corrected chi connectivity index (χ1v) is 8.99. The van der Waals surface area contributed by atoms with Crippen molar-refractivity contribution < 1.29 is 14.3 Å². The molecule has 26 heavy (non-hydrogen) atoms. The third-order valence-corrected chi connectivity index (χ3v) is 5.63. The summed E-state index contributed by atoms with van der Waals surface area (Å²) in [6.07, 6.45) is 3.98. The maximum absolute atomic E-state index is 14.9. The number of hydrogen-bond acceptors (Lipinski definition) is 4. The highest BCUT2D eigenvalue weighted by atomic mass is 19.1. The molecule has 3 heterocycles. The molecular formula is C19H22FN3O3. The van der Waals surface area contributed by atoms with Gasteiger partial charge in [0.25, 0.3) is 5.56 Å². The molecule has 2 aliphatic rings.